The summed E-state index contributed by atoms with van der Waals surface area (Å²) in [5.41, 5.74) is 0. The molecular formula is C20H31N3O4S. The fourth-order valence-corrected chi connectivity index (χ4v) is 5.94. The Hall–Kier alpha value is -1.64. The van der Waals surface area contributed by atoms with Crippen molar-refractivity contribution >= 4 is 15.9 Å². The van der Waals surface area contributed by atoms with Crippen LogP contribution in [0.3, 0.4) is 0 Å². The zero-order valence-electron chi connectivity index (χ0n) is 17.2. The summed E-state index contributed by atoms with van der Waals surface area (Å²) < 4.78 is 34.7. The molecule has 0 aromatic heterocycles. The lowest BCUT2D eigenvalue weighted by molar-refractivity contribution is -0.131. The minimum Gasteiger partial charge on any atom is -0.487 e. The Morgan fingerprint density at radius 2 is 1.89 bits per heavy atom. The van der Waals surface area contributed by atoms with E-state index in [9.17, 15) is 13.2 Å². The molecule has 8 heteroatoms. The van der Waals surface area contributed by atoms with E-state index in [1.165, 1.54) is 0 Å². The van der Waals surface area contributed by atoms with Crippen molar-refractivity contribution in [3.05, 3.63) is 24.3 Å². The molecular weight excluding hydrogens is 378 g/mol. The van der Waals surface area contributed by atoms with E-state index >= 15 is 0 Å². The standard InChI is InChI=1S/C20H31N3O4S/c1-15(2)13-23-16-9-11-22(20(24)14-21(3)4)12-10-17(16)27-18-7-5-6-8-19(18)28(23,25)26/h5-8,15-17H,9-14H2,1-4H3/t16-,17-/m0/s1. The predicted molar refractivity (Wildman–Crippen MR) is 108 cm³/mol. The molecule has 1 aromatic carbocycles. The number of rotatable bonds is 4. The second-order valence-corrected chi connectivity index (χ2v) is 10.2. The maximum absolute atomic E-state index is 13.4. The Balaban J connectivity index is 1.94. The van der Waals surface area contributed by atoms with Gasteiger partial charge in [0.25, 0.3) is 0 Å². The molecule has 0 unspecified atom stereocenters. The summed E-state index contributed by atoms with van der Waals surface area (Å²) in [6, 6.07) is 6.59. The highest BCUT2D eigenvalue weighted by Crippen LogP contribution is 2.36. The molecule has 0 spiro atoms. The number of likely N-dealkylation sites (N-methyl/N-ethyl adjacent to an activating group) is 1. The third-order valence-corrected chi connectivity index (χ3v) is 7.17. The number of hydrogen-bond acceptors (Lipinski definition) is 5. The normalized spacial score (nSPS) is 24.9. The van der Waals surface area contributed by atoms with E-state index in [0.717, 1.165) is 0 Å². The van der Waals surface area contributed by atoms with E-state index in [1.54, 1.807) is 28.6 Å². The third-order valence-electron chi connectivity index (χ3n) is 5.24. The molecule has 28 heavy (non-hydrogen) atoms. The Morgan fingerprint density at radius 1 is 1.21 bits per heavy atom. The second-order valence-electron chi connectivity index (χ2n) is 8.33. The van der Waals surface area contributed by atoms with Crippen LogP contribution in [0.15, 0.2) is 29.2 Å². The summed E-state index contributed by atoms with van der Waals surface area (Å²) in [4.78, 5) is 16.5. The van der Waals surface area contributed by atoms with Gasteiger partial charge in [0, 0.05) is 26.1 Å². The topological polar surface area (TPSA) is 70.2 Å². The summed E-state index contributed by atoms with van der Waals surface area (Å²) in [6.07, 6.45) is 0.917. The summed E-state index contributed by atoms with van der Waals surface area (Å²) in [5, 5.41) is 0. The Labute approximate surface area is 168 Å². The van der Waals surface area contributed by atoms with Gasteiger partial charge in [0.05, 0.1) is 12.6 Å². The van der Waals surface area contributed by atoms with E-state index in [2.05, 4.69) is 0 Å². The lowest BCUT2D eigenvalue weighted by atomic mass is 10.0. The van der Waals surface area contributed by atoms with Crippen molar-refractivity contribution in [2.24, 2.45) is 5.92 Å². The number of para-hydroxylation sites is 1. The molecule has 3 rings (SSSR count). The van der Waals surface area contributed by atoms with Crippen molar-refractivity contribution in [1.29, 1.82) is 0 Å². The number of sulfonamides is 1. The Bertz CT molecular complexity index is 809. The monoisotopic (exact) mass is 409 g/mol. The number of amides is 1. The lowest BCUT2D eigenvalue weighted by Gasteiger charge is -2.32. The summed E-state index contributed by atoms with van der Waals surface area (Å²) in [5.74, 6) is 0.673. The molecule has 0 N–H and O–H groups in total. The first-order valence-corrected chi connectivity index (χ1v) is 11.3. The number of carbonyl (C=O) groups excluding carboxylic acids is 1. The zero-order chi connectivity index (χ0) is 20.5. The summed E-state index contributed by atoms with van der Waals surface area (Å²) in [6.45, 7) is 5.95. The van der Waals surface area contributed by atoms with Crippen LogP contribution < -0.4 is 4.74 Å². The second kappa shape index (κ2) is 8.39. The van der Waals surface area contributed by atoms with Crippen molar-refractivity contribution in [1.82, 2.24) is 14.1 Å². The SMILES string of the molecule is CC(C)CN1[C@H]2CCN(C(=O)CN(C)C)CC[C@@H]2Oc2ccccc2S1(=O)=O. The minimum absolute atomic E-state index is 0.0696. The molecule has 2 aliphatic heterocycles. The molecule has 1 fully saturated rings. The van der Waals surface area contributed by atoms with Gasteiger partial charge in [0.2, 0.25) is 15.9 Å². The van der Waals surface area contributed by atoms with E-state index < -0.39 is 10.0 Å². The molecule has 1 amide bonds. The van der Waals surface area contributed by atoms with Gasteiger partial charge >= 0.3 is 0 Å². The van der Waals surface area contributed by atoms with Gasteiger partial charge < -0.3 is 14.5 Å². The fraction of sp³-hybridized carbons (Fsp3) is 0.650. The molecule has 0 bridgehead atoms. The fourth-order valence-electron chi connectivity index (χ4n) is 3.97. The van der Waals surface area contributed by atoms with Gasteiger partial charge in [0.1, 0.15) is 16.7 Å². The van der Waals surface area contributed by atoms with Crippen LogP contribution in [0.5, 0.6) is 5.75 Å². The highest BCUT2D eigenvalue weighted by Gasteiger charge is 2.43. The van der Waals surface area contributed by atoms with Crippen LogP contribution in [-0.4, -0.2) is 80.9 Å². The summed E-state index contributed by atoms with van der Waals surface area (Å²) >= 11 is 0. The first-order chi connectivity index (χ1) is 13.2. The largest absolute Gasteiger partial charge is 0.487 e. The molecule has 2 aliphatic rings. The van der Waals surface area contributed by atoms with Gasteiger partial charge in [-0.25, -0.2) is 8.42 Å². The van der Waals surface area contributed by atoms with Crippen molar-refractivity contribution < 1.29 is 17.9 Å². The molecule has 0 saturated carbocycles. The lowest BCUT2D eigenvalue weighted by Crippen LogP contribution is -2.48. The predicted octanol–water partition coefficient (Wildman–Crippen LogP) is 1.65. The number of carbonyl (C=O) groups is 1. The number of hydrogen-bond donors (Lipinski definition) is 0. The zero-order valence-corrected chi connectivity index (χ0v) is 18.0. The van der Waals surface area contributed by atoms with Gasteiger partial charge in [-0.05, 0) is 38.6 Å². The quantitative estimate of drug-likeness (QED) is 0.756. The van der Waals surface area contributed by atoms with Crippen LogP contribution in [0.1, 0.15) is 26.7 Å². The Kier molecular flexibility index (Phi) is 6.31. The van der Waals surface area contributed by atoms with Gasteiger partial charge in [-0.15, -0.1) is 0 Å². The maximum atomic E-state index is 13.4. The minimum atomic E-state index is -3.66. The maximum Gasteiger partial charge on any atom is 0.247 e. The molecule has 156 valence electrons. The number of ether oxygens (including phenoxy) is 1. The number of benzene rings is 1. The van der Waals surface area contributed by atoms with Gasteiger partial charge in [0.15, 0.2) is 0 Å². The van der Waals surface area contributed by atoms with Crippen LogP contribution in [0.25, 0.3) is 0 Å². The molecule has 1 saturated heterocycles. The van der Waals surface area contributed by atoms with Crippen molar-refractivity contribution in [2.45, 2.75) is 43.7 Å². The first kappa shape index (κ1) is 21.1. The van der Waals surface area contributed by atoms with E-state index in [0.29, 0.717) is 44.8 Å². The summed E-state index contributed by atoms with van der Waals surface area (Å²) in [7, 11) is 0.0823. The van der Waals surface area contributed by atoms with Crippen molar-refractivity contribution in [3.63, 3.8) is 0 Å². The highest BCUT2D eigenvalue weighted by molar-refractivity contribution is 7.89. The van der Waals surface area contributed by atoms with Gasteiger partial charge in [-0.1, -0.05) is 26.0 Å². The number of nitrogens with zero attached hydrogens (tertiary/aromatic N) is 3. The average Bonchev–Trinajstić information content (AvgIpc) is 2.85. The molecule has 2 atom stereocenters. The molecule has 7 nitrogen and oxygen atoms in total. The Morgan fingerprint density at radius 3 is 2.57 bits per heavy atom. The molecule has 2 heterocycles. The van der Waals surface area contributed by atoms with Gasteiger partial charge in [-0.2, -0.15) is 4.31 Å². The van der Waals surface area contributed by atoms with Crippen LogP contribution in [0, 0.1) is 5.92 Å². The van der Waals surface area contributed by atoms with E-state index in [-0.39, 0.29) is 28.9 Å². The molecule has 0 radical (unpaired) electrons. The number of fused-ring (bicyclic) bond motifs is 2. The first-order valence-electron chi connectivity index (χ1n) is 9.90. The number of likely N-dealkylation sites (tertiary alicyclic amines) is 1. The molecule has 1 aromatic rings. The van der Waals surface area contributed by atoms with E-state index in [4.69, 9.17) is 4.74 Å². The van der Waals surface area contributed by atoms with Crippen molar-refractivity contribution in [2.75, 3.05) is 40.3 Å². The van der Waals surface area contributed by atoms with E-state index in [1.807, 2.05) is 37.7 Å². The average molecular weight is 410 g/mol. The molecule has 0 aliphatic carbocycles. The van der Waals surface area contributed by atoms with Crippen molar-refractivity contribution in [3.8, 4) is 5.75 Å². The van der Waals surface area contributed by atoms with Gasteiger partial charge in [-0.3, -0.25) is 4.79 Å². The third kappa shape index (κ3) is 4.34. The highest BCUT2D eigenvalue weighted by atomic mass is 32.2. The van der Waals surface area contributed by atoms with Crippen LogP contribution in [-0.2, 0) is 14.8 Å². The smallest absolute Gasteiger partial charge is 0.247 e. The van der Waals surface area contributed by atoms with Crippen LogP contribution in [0.4, 0.5) is 0 Å². The van der Waals surface area contributed by atoms with Crippen LogP contribution >= 0.6 is 0 Å². The van der Waals surface area contributed by atoms with Crippen LogP contribution in [0.2, 0.25) is 0 Å².